The molecule has 0 aliphatic carbocycles. The average molecular weight is 286 g/mol. The number of carbonyl (C=O) groups is 1. The van der Waals surface area contributed by atoms with Gasteiger partial charge in [0.15, 0.2) is 17.2 Å². The summed E-state index contributed by atoms with van der Waals surface area (Å²) in [6.07, 6.45) is -5.02. The number of aromatic nitrogens is 1. The molecule has 0 aliphatic rings. The number of hydrogen-bond acceptors (Lipinski definition) is 5. The van der Waals surface area contributed by atoms with Gasteiger partial charge in [-0.3, -0.25) is 0 Å². The second-order valence-electron chi connectivity index (χ2n) is 2.98. The van der Waals surface area contributed by atoms with E-state index in [1.54, 1.807) is 0 Å². The monoisotopic (exact) mass is 285 g/mol. The largest absolute Gasteiger partial charge is 0.573 e. The number of halogens is 4. The third-order valence-corrected chi connectivity index (χ3v) is 2.03. The van der Waals surface area contributed by atoms with Gasteiger partial charge in [-0.15, -0.1) is 24.8 Å². The highest BCUT2D eigenvalue weighted by atomic mass is 35.5. The molecule has 0 atom stereocenters. The Morgan fingerprint density at radius 3 is 2.61 bits per heavy atom. The van der Waals surface area contributed by atoms with Crippen molar-refractivity contribution in [3.05, 3.63) is 17.5 Å². The summed E-state index contributed by atoms with van der Waals surface area (Å²) in [4.78, 5) is 14.7. The summed E-state index contributed by atoms with van der Waals surface area (Å²) < 4.78 is 44.0. The summed E-state index contributed by atoms with van der Waals surface area (Å²) >= 11 is 5.41. The Bertz CT molecular complexity index is 464. The maximum absolute atomic E-state index is 12.1. The van der Waals surface area contributed by atoms with Crippen molar-refractivity contribution in [1.82, 2.24) is 4.98 Å². The molecular weight excluding hydrogens is 279 g/mol. The van der Waals surface area contributed by atoms with Gasteiger partial charge in [0, 0.05) is 6.07 Å². The van der Waals surface area contributed by atoms with E-state index in [2.05, 4.69) is 14.5 Å². The van der Waals surface area contributed by atoms with Gasteiger partial charge in [0.25, 0.3) is 0 Å². The van der Waals surface area contributed by atoms with Gasteiger partial charge in [-0.2, -0.15) is 0 Å². The summed E-state index contributed by atoms with van der Waals surface area (Å²) in [5, 5.41) is 9.44. The third kappa shape index (κ3) is 3.39. The molecule has 0 radical (unpaired) electrons. The van der Waals surface area contributed by atoms with Crippen molar-refractivity contribution < 1.29 is 32.5 Å². The van der Waals surface area contributed by atoms with Crippen LogP contribution in [0.1, 0.15) is 16.2 Å². The molecule has 100 valence electrons. The summed E-state index contributed by atoms with van der Waals surface area (Å²) in [6, 6.07) is 0.780. The Morgan fingerprint density at radius 1 is 1.56 bits per heavy atom. The fourth-order valence-corrected chi connectivity index (χ4v) is 1.21. The van der Waals surface area contributed by atoms with Crippen molar-refractivity contribution in [3.63, 3.8) is 0 Å². The average Bonchev–Trinajstić information content (AvgIpc) is 2.29. The quantitative estimate of drug-likeness (QED) is 0.681. The fraction of sp³-hybridized carbons (Fsp3) is 0.333. The van der Waals surface area contributed by atoms with Crippen molar-refractivity contribution >= 4 is 17.6 Å². The van der Waals surface area contributed by atoms with E-state index in [1.165, 1.54) is 0 Å². The number of rotatable bonds is 3. The topological polar surface area (TPSA) is 68.7 Å². The first-order valence-electron chi connectivity index (χ1n) is 4.41. The Hall–Kier alpha value is -1.70. The molecule has 0 aliphatic heterocycles. The van der Waals surface area contributed by atoms with Gasteiger partial charge in [-0.25, -0.2) is 9.78 Å². The summed E-state index contributed by atoms with van der Waals surface area (Å²) in [5.74, 6) is -3.40. The second kappa shape index (κ2) is 5.30. The van der Waals surface area contributed by atoms with Crippen molar-refractivity contribution in [2.45, 2.75) is 12.2 Å². The Morgan fingerprint density at radius 2 is 2.17 bits per heavy atom. The van der Waals surface area contributed by atoms with E-state index in [-0.39, 0.29) is 11.6 Å². The molecule has 0 unspecified atom stereocenters. The van der Waals surface area contributed by atoms with Crippen LogP contribution in [0.5, 0.6) is 11.5 Å². The van der Waals surface area contributed by atoms with E-state index in [0.717, 1.165) is 13.2 Å². The molecule has 9 heteroatoms. The lowest BCUT2D eigenvalue weighted by atomic mass is 10.2. The third-order valence-electron chi connectivity index (χ3n) is 1.75. The van der Waals surface area contributed by atoms with Crippen LogP contribution in [0.2, 0.25) is 0 Å². The molecule has 0 fully saturated rings. The number of carbonyl (C=O) groups excluding carboxylic acids is 1. The van der Waals surface area contributed by atoms with E-state index in [9.17, 15) is 23.1 Å². The molecule has 0 saturated heterocycles. The summed E-state index contributed by atoms with van der Waals surface area (Å²) in [5.41, 5.74) is -0.774. The highest BCUT2D eigenvalue weighted by molar-refractivity contribution is 6.17. The maximum atomic E-state index is 12.1. The minimum absolute atomic E-state index is 0.0749. The molecule has 1 aromatic rings. The van der Waals surface area contributed by atoms with Gasteiger partial charge in [0.05, 0.1) is 18.7 Å². The molecule has 1 rings (SSSR count). The van der Waals surface area contributed by atoms with Crippen LogP contribution >= 0.6 is 11.6 Å². The minimum atomic E-state index is -5.02. The highest BCUT2D eigenvalue weighted by Gasteiger charge is 2.34. The van der Waals surface area contributed by atoms with Gasteiger partial charge in [0.1, 0.15) is 0 Å². The molecule has 1 N–H and O–H groups in total. The van der Waals surface area contributed by atoms with Crippen molar-refractivity contribution in [2.75, 3.05) is 7.11 Å². The van der Waals surface area contributed by atoms with Crippen LogP contribution in [0, 0.1) is 0 Å². The lowest BCUT2D eigenvalue weighted by molar-refractivity contribution is -0.275. The Kier molecular flexibility index (Phi) is 4.23. The Balaban J connectivity index is 3.29. The fourth-order valence-electron chi connectivity index (χ4n) is 1.08. The van der Waals surface area contributed by atoms with E-state index >= 15 is 0 Å². The maximum Gasteiger partial charge on any atom is 0.573 e. The first-order valence-corrected chi connectivity index (χ1v) is 4.95. The predicted octanol–water partition coefficient (Wildman–Crippen LogP) is 2.21. The molecule has 0 aromatic carbocycles. The zero-order chi connectivity index (χ0) is 13.9. The van der Waals surface area contributed by atoms with Gasteiger partial charge in [0.2, 0.25) is 0 Å². The van der Waals surface area contributed by atoms with Crippen LogP contribution in [0.15, 0.2) is 6.07 Å². The number of methoxy groups -OCH3 is 1. The molecule has 1 aromatic heterocycles. The zero-order valence-electron chi connectivity index (χ0n) is 8.92. The predicted molar refractivity (Wildman–Crippen MR) is 53.5 cm³/mol. The van der Waals surface area contributed by atoms with Crippen molar-refractivity contribution in [1.29, 1.82) is 0 Å². The van der Waals surface area contributed by atoms with Gasteiger partial charge >= 0.3 is 12.3 Å². The highest BCUT2D eigenvalue weighted by Crippen LogP contribution is 2.34. The van der Waals surface area contributed by atoms with Crippen LogP contribution in [-0.4, -0.2) is 29.5 Å². The van der Waals surface area contributed by atoms with Crippen LogP contribution in [-0.2, 0) is 10.6 Å². The Labute approximate surface area is 104 Å². The van der Waals surface area contributed by atoms with E-state index < -0.39 is 29.5 Å². The molecule has 1 heterocycles. The molecule has 0 spiro atoms. The summed E-state index contributed by atoms with van der Waals surface area (Å²) in [6.45, 7) is 0. The number of nitrogens with zero attached hydrogens (tertiary/aromatic N) is 1. The molecular formula is C9H7ClF3NO4. The lowest BCUT2D eigenvalue weighted by Gasteiger charge is -2.12. The van der Waals surface area contributed by atoms with Crippen LogP contribution in [0.3, 0.4) is 0 Å². The lowest BCUT2D eigenvalue weighted by Crippen LogP contribution is -2.18. The first kappa shape index (κ1) is 14.4. The minimum Gasteiger partial charge on any atom is -0.503 e. The van der Waals surface area contributed by atoms with E-state index in [4.69, 9.17) is 11.6 Å². The summed E-state index contributed by atoms with van der Waals surface area (Å²) in [7, 11) is 0.987. The number of hydrogen-bond donors (Lipinski definition) is 1. The number of esters is 1. The normalized spacial score (nSPS) is 11.2. The van der Waals surface area contributed by atoms with E-state index in [0.29, 0.717) is 0 Å². The molecule has 0 bridgehead atoms. The van der Waals surface area contributed by atoms with Crippen LogP contribution in [0.25, 0.3) is 0 Å². The number of pyridine rings is 1. The van der Waals surface area contributed by atoms with Crippen LogP contribution < -0.4 is 4.74 Å². The molecule has 0 saturated carbocycles. The van der Waals surface area contributed by atoms with Gasteiger partial charge in [-0.05, 0) is 0 Å². The van der Waals surface area contributed by atoms with Crippen LogP contribution in [0.4, 0.5) is 13.2 Å². The first-order chi connectivity index (χ1) is 8.28. The van der Waals surface area contributed by atoms with Gasteiger partial charge in [-0.1, -0.05) is 0 Å². The number of alkyl halides is 4. The van der Waals surface area contributed by atoms with Crippen molar-refractivity contribution in [3.8, 4) is 11.5 Å². The number of ether oxygens (including phenoxy) is 2. The molecule has 18 heavy (non-hydrogen) atoms. The standard InChI is InChI=1S/C9H7ClF3NO4/c1-17-8(16)6-7(15)5(18-9(11,12)13)2-4(3-10)14-6/h2,15H,3H2,1H3. The van der Waals surface area contributed by atoms with Gasteiger partial charge < -0.3 is 14.6 Å². The van der Waals surface area contributed by atoms with E-state index in [1.807, 2.05) is 0 Å². The number of aromatic hydroxyl groups is 1. The van der Waals surface area contributed by atoms with Crippen molar-refractivity contribution in [2.24, 2.45) is 0 Å². The second-order valence-corrected chi connectivity index (χ2v) is 3.25. The SMILES string of the molecule is COC(=O)c1nc(CCl)cc(OC(F)(F)F)c1O. The molecule has 5 nitrogen and oxygen atoms in total. The molecule has 0 amide bonds. The smallest absolute Gasteiger partial charge is 0.503 e. The zero-order valence-corrected chi connectivity index (χ0v) is 9.67.